The fourth-order valence-corrected chi connectivity index (χ4v) is 2.32. The maximum absolute atomic E-state index is 5.29. The number of hydrogen-bond acceptors (Lipinski definition) is 3. The molecule has 1 heterocycles. The van der Waals surface area contributed by atoms with Crippen LogP contribution in [0.2, 0.25) is 0 Å². The van der Waals surface area contributed by atoms with Crippen molar-refractivity contribution in [3.05, 3.63) is 22.6 Å². The first-order valence-electron chi connectivity index (χ1n) is 5.65. The summed E-state index contributed by atoms with van der Waals surface area (Å²) in [6.07, 6.45) is 2.75. The molecule has 0 radical (unpaired) electrons. The van der Waals surface area contributed by atoms with Gasteiger partial charge in [0.15, 0.2) is 4.67 Å². The zero-order chi connectivity index (χ0) is 12.0. The minimum Gasteiger partial charge on any atom is -0.457 e. The van der Waals surface area contributed by atoms with Crippen molar-refractivity contribution in [2.75, 3.05) is 20.3 Å². The van der Waals surface area contributed by atoms with Gasteiger partial charge in [-0.25, -0.2) is 0 Å². The second-order valence-corrected chi connectivity index (χ2v) is 4.66. The lowest BCUT2D eigenvalue weighted by Crippen LogP contribution is -2.27. The topological polar surface area (TPSA) is 34.4 Å². The van der Waals surface area contributed by atoms with Gasteiger partial charge in [0, 0.05) is 25.3 Å². The molecule has 0 amide bonds. The van der Waals surface area contributed by atoms with E-state index in [1.165, 1.54) is 5.56 Å². The van der Waals surface area contributed by atoms with Gasteiger partial charge in [0.25, 0.3) is 0 Å². The molecule has 1 rings (SSSR count). The summed E-state index contributed by atoms with van der Waals surface area (Å²) in [7, 11) is 1.74. The van der Waals surface area contributed by atoms with E-state index in [4.69, 9.17) is 9.15 Å². The highest BCUT2D eigenvalue weighted by atomic mass is 79.9. The van der Waals surface area contributed by atoms with E-state index >= 15 is 0 Å². The Bertz CT molecular complexity index is 301. The molecule has 0 aliphatic heterocycles. The number of nitrogens with one attached hydrogen (secondary N) is 1. The van der Waals surface area contributed by atoms with Crippen LogP contribution in [0.5, 0.6) is 0 Å². The normalized spacial score (nSPS) is 15.0. The SMILES string of the molecule is CCNC(c1ccoc1Br)C(C)CCOC. The summed E-state index contributed by atoms with van der Waals surface area (Å²) in [4.78, 5) is 0. The van der Waals surface area contributed by atoms with E-state index in [0.29, 0.717) is 12.0 Å². The molecule has 4 heteroatoms. The van der Waals surface area contributed by atoms with Crippen LogP contribution in [0.3, 0.4) is 0 Å². The van der Waals surface area contributed by atoms with Crippen molar-refractivity contribution in [2.45, 2.75) is 26.3 Å². The Labute approximate surface area is 106 Å². The molecule has 1 N–H and O–H groups in total. The van der Waals surface area contributed by atoms with Crippen molar-refractivity contribution in [2.24, 2.45) is 5.92 Å². The highest BCUT2D eigenvalue weighted by Gasteiger charge is 2.21. The number of methoxy groups -OCH3 is 1. The van der Waals surface area contributed by atoms with Gasteiger partial charge in [-0.1, -0.05) is 13.8 Å². The van der Waals surface area contributed by atoms with Crippen LogP contribution in [-0.2, 0) is 4.74 Å². The first-order chi connectivity index (χ1) is 7.70. The number of hydrogen-bond donors (Lipinski definition) is 1. The lowest BCUT2D eigenvalue weighted by Gasteiger charge is -2.24. The summed E-state index contributed by atoms with van der Waals surface area (Å²) in [5.41, 5.74) is 1.19. The van der Waals surface area contributed by atoms with E-state index < -0.39 is 0 Å². The third kappa shape index (κ3) is 3.61. The first kappa shape index (κ1) is 13.7. The van der Waals surface area contributed by atoms with E-state index in [2.05, 4.69) is 35.1 Å². The van der Waals surface area contributed by atoms with Crippen molar-refractivity contribution >= 4 is 15.9 Å². The highest BCUT2D eigenvalue weighted by molar-refractivity contribution is 9.10. The molecular weight excluding hydrogens is 270 g/mol. The minimum atomic E-state index is 0.313. The van der Waals surface area contributed by atoms with E-state index in [0.717, 1.165) is 24.2 Å². The zero-order valence-electron chi connectivity index (χ0n) is 10.1. The van der Waals surface area contributed by atoms with E-state index in [9.17, 15) is 0 Å². The largest absolute Gasteiger partial charge is 0.457 e. The Kier molecular flexibility index (Phi) is 6.09. The third-order valence-corrected chi connectivity index (χ3v) is 3.40. The van der Waals surface area contributed by atoms with Crippen molar-refractivity contribution < 1.29 is 9.15 Å². The minimum absolute atomic E-state index is 0.313. The van der Waals surface area contributed by atoms with Crippen LogP contribution in [0.25, 0.3) is 0 Å². The van der Waals surface area contributed by atoms with Crippen LogP contribution in [-0.4, -0.2) is 20.3 Å². The summed E-state index contributed by atoms with van der Waals surface area (Å²) >= 11 is 3.44. The molecule has 3 nitrogen and oxygen atoms in total. The average molecular weight is 290 g/mol. The first-order valence-corrected chi connectivity index (χ1v) is 6.45. The van der Waals surface area contributed by atoms with Crippen molar-refractivity contribution in [3.8, 4) is 0 Å². The molecule has 92 valence electrons. The van der Waals surface area contributed by atoms with E-state index in [-0.39, 0.29) is 0 Å². The summed E-state index contributed by atoms with van der Waals surface area (Å²) in [6, 6.07) is 2.33. The number of furan rings is 1. The van der Waals surface area contributed by atoms with E-state index in [1.54, 1.807) is 13.4 Å². The molecule has 0 saturated carbocycles. The molecule has 1 aromatic rings. The van der Waals surface area contributed by atoms with Gasteiger partial charge in [-0.05, 0) is 40.9 Å². The molecule has 0 saturated heterocycles. The lowest BCUT2D eigenvalue weighted by molar-refractivity contribution is 0.170. The van der Waals surface area contributed by atoms with Crippen molar-refractivity contribution in [3.63, 3.8) is 0 Å². The Morgan fingerprint density at radius 2 is 2.31 bits per heavy atom. The maximum Gasteiger partial charge on any atom is 0.173 e. The number of rotatable bonds is 7. The molecule has 0 aliphatic rings. The Morgan fingerprint density at radius 3 is 2.81 bits per heavy atom. The van der Waals surface area contributed by atoms with Gasteiger partial charge in [-0.2, -0.15) is 0 Å². The third-order valence-electron chi connectivity index (χ3n) is 2.75. The zero-order valence-corrected chi connectivity index (χ0v) is 11.7. The van der Waals surface area contributed by atoms with Gasteiger partial charge in [0.05, 0.1) is 6.26 Å². The van der Waals surface area contributed by atoms with Gasteiger partial charge >= 0.3 is 0 Å². The quantitative estimate of drug-likeness (QED) is 0.836. The smallest absolute Gasteiger partial charge is 0.173 e. The lowest BCUT2D eigenvalue weighted by atomic mass is 9.94. The van der Waals surface area contributed by atoms with E-state index in [1.807, 2.05) is 6.07 Å². The summed E-state index contributed by atoms with van der Waals surface area (Å²) in [5, 5.41) is 3.49. The van der Waals surface area contributed by atoms with Crippen LogP contribution in [0.4, 0.5) is 0 Å². The Balaban J connectivity index is 2.70. The van der Waals surface area contributed by atoms with Crippen molar-refractivity contribution in [1.82, 2.24) is 5.32 Å². The van der Waals surface area contributed by atoms with Gasteiger partial charge < -0.3 is 14.5 Å². The predicted octanol–water partition coefficient (Wildman–Crippen LogP) is 3.37. The van der Waals surface area contributed by atoms with Gasteiger partial charge in [0.1, 0.15) is 0 Å². The standard InChI is InChI=1S/C12H20BrNO2/c1-4-14-11(9(2)5-7-15-3)10-6-8-16-12(10)13/h6,8-9,11,14H,4-5,7H2,1-3H3. The molecule has 0 fully saturated rings. The molecule has 0 spiro atoms. The number of ether oxygens (including phenoxy) is 1. The second-order valence-electron chi connectivity index (χ2n) is 3.94. The van der Waals surface area contributed by atoms with Crippen LogP contribution in [0, 0.1) is 5.92 Å². The van der Waals surface area contributed by atoms with Gasteiger partial charge in [-0.3, -0.25) is 0 Å². The summed E-state index contributed by atoms with van der Waals surface area (Å²) in [6.45, 7) is 6.08. The van der Waals surface area contributed by atoms with Crippen LogP contribution >= 0.6 is 15.9 Å². The number of halogens is 1. The second kappa shape index (κ2) is 7.09. The molecule has 2 atom stereocenters. The van der Waals surface area contributed by atoms with Crippen LogP contribution < -0.4 is 5.32 Å². The van der Waals surface area contributed by atoms with Gasteiger partial charge in [0.2, 0.25) is 0 Å². The van der Waals surface area contributed by atoms with Gasteiger partial charge in [-0.15, -0.1) is 0 Å². The molecule has 2 unspecified atom stereocenters. The highest BCUT2D eigenvalue weighted by Crippen LogP contribution is 2.31. The Hall–Kier alpha value is -0.320. The molecule has 0 aromatic carbocycles. The molecule has 1 aromatic heterocycles. The predicted molar refractivity (Wildman–Crippen MR) is 68.5 cm³/mol. The van der Waals surface area contributed by atoms with Crippen LogP contribution in [0.15, 0.2) is 21.4 Å². The summed E-state index contributed by atoms with van der Waals surface area (Å²) in [5.74, 6) is 0.508. The molecule has 16 heavy (non-hydrogen) atoms. The van der Waals surface area contributed by atoms with Crippen molar-refractivity contribution in [1.29, 1.82) is 0 Å². The van der Waals surface area contributed by atoms with Crippen LogP contribution in [0.1, 0.15) is 31.9 Å². The molecular formula is C12H20BrNO2. The molecule has 0 bridgehead atoms. The fourth-order valence-electron chi connectivity index (χ4n) is 1.83. The Morgan fingerprint density at radius 1 is 1.56 bits per heavy atom. The fraction of sp³-hybridized carbons (Fsp3) is 0.667. The monoisotopic (exact) mass is 289 g/mol. The molecule has 0 aliphatic carbocycles. The average Bonchev–Trinajstić information content (AvgIpc) is 2.69. The summed E-state index contributed by atoms with van der Waals surface area (Å²) < 4.78 is 11.2. The maximum atomic E-state index is 5.29.